The van der Waals surface area contributed by atoms with Gasteiger partial charge < -0.3 is 9.64 Å². The molecule has 1 rings (SSSR count). The Balaban J connectivity index is 0.00000191. The lowest BCUT2D eigenvalue weighted by Crippen LogP contribution is -2.27. The highest BCUT2D eigenvalue weighted by atomic mass is 16.6. The summed E-state index contributed by atoms with van der Waals surface area (Å²) in [7, 11) is 0. The largest absolute Gasteiger partial charge is 0.461 e. The minimum Gasteiger partial charge on any atom is -0.461 e. The summed E-state index contributed by atoms with van der Waals surface area (Å²) in [4.78, 5) is 23.8. The predicted octanol–water partition coefficient (Wildman–Crippen LogP) is 3.12. The van der Waals surface area contributed by atoms with Gasteiger partial charge in [0, 0.05) is 18.7 Å². The van der Waals surface area contributed by atoms with Crippen LogP contribution in [0.5, 0.6) is 0 Å². The molecule has 0 heterocycles. The molecule has 21 heavy (non-hydrogen) atoms. The molecule has 6 heteroatoms. The van der Waals surface area contributed by atoms with E-state index in [1.165, 1.54) is 24.3 Å². The first-order valence-electron chi connectivity index (χ1n) is 7.22. The first-order chi connectivity index (χ1) is 10.1. The topological polar surface area (TPSA) is 72.7 Å². The molecule has 0 saturated heterocycles. The van der Waals surface area contributed by atoms with Gasteiger partial charge in [0.25, 0.3) is 5.69 Å². The number of hydrogen-bond donors (Lipinski definition) is 0. The minimum atomic E-state index is -0.504. The van der Waals surface area contributed by atoms with E-state index in [9.17, 15) is 14.9 Å². The summed E-state index contributed by atoms with van der Waals surface area (Å²) in [6.07, 6.45) is 0. The average molecular weight is 296 g/mol. The number of nitrogens with zero attached hydrogens (tertiary/aromatic N) is 2. The van der Waals surface area contributed by atoms with Crippen molar-refractivity contribution in [3.8, 4) is 0 Å². The Morgan fingerprint density at radius 3 is 2.14 bits per heavy atom. The third-order valence-electron chi connectivity index (χ3n) is 2.85. The van der Waals surface area contributed by atoms with Gasteiger partial charge in [-0.15, -0.1) is 0 Å². The summed E-state index contributed by atoms with van der Waals surface area (Å²) in [6, 6.07) is 5.39. The zero-order valence-electron chi connectivity index (χ0n) is 13.2. The van der Waals surface area contributed by atoms with Crippen molar-refractivity contribution in [2.24, 2.45) is 0 Å². The zero-order valence-corrected chi connectivity index (χ0v) is 13.2. The molecule has 0 saturated carbocycles. The molecular formula is C15H24N2O4. The molecule has 0 aliphatic rings. The Labute approximate surface area is 125 Å². The van der Waals surface area contributed by atoms with Gasteiger partial charge in [0.05, 0.1) is 10.5 Å². The fourth-order valence-corrected chi connectivity index (χ4v) is 1.61. The van der Waals surface area contributed by atoms with Crippen LogP contribution in [0.15, 0.2) is 24.3 Å². The number of nitro benzene ring substituents is 1. The molecule has 0 aliphatic heterocycles. The van der Waals surface area contributed by atoms with E-state index in [0.717, 1.165) is 13.1 Å². The maximum Gasteiger partial charge on any atom is 0.338 e. The van der Waals surface area contributed by atoms with Crippen molar-refractivity contribution < 1.29 is 14.5 Å². The van der Waals surface area contributed by atoms with Gasteiger partial charge >= 0.3 is 5.97 Å². The molecule has 0 bridgehead atoms. The van der Waals surface area contributed by atoms with Crippen molar-refractivity contribution in [3.63, 3.8) is 0 Å². The summed E-state index contributed by atoms with van der Waals surface area (Å²) in [5, 5.41) is 10.5. The Kier molecular flexibility index (Phi) is 9.79. The SMILES string of the molecule is CC.CCN(CC)CCOC(=O)c1ccc([N+](=O)[O-])cc1. The molecule has 0 amide bonds. The van der Waals surface area contributed by atoms with Gasteiger partial charge in [-0.2, -0.15) is 0 Å². The van der Waals surface area contributed by atoms with Crippen molar-refractivity contribution >= 4 is 11.7 Å². The third-order valence-corrected chi connectivity index (χ3v) is 2.85. The van der Waals surface area contributed by atoms with Crippen LogP contribution in [0, 0.1) is 10.1 Å². The standard InChI is InChI=1S/C13H18N2O4.C2H6/c1-3-14(4-2)9-10-19-13(16)11-5-7-12(8-6-11)15(17)18;1-2/h5-8H,3-4,9-10H2,1-2H3;1-2H3. The van der Waals surface area contributed by atoms with E-state index in [4.69, 9.17) is 4.74 Å². The number of nitro groups is 1. The van der Waals surface area contributed by atoms with Crippen molar-refractivity contribution in [1.29, 1.82) is 0 Å². The van der Waals surface area contributed by atoms with Crippen LogP contribution in [0.3, 0.4) is 0 Å². The van der Waals surface area contributed by atoms with Gasteiger partial charge in [-0.25, -0.2) is 4.79 Å². The molecule has 6 nitrogen and oxygen atoms in total. The first-order valence-corrected chi connectivity index (χ1v) is 7.22. The smallest absolute Gasteiger partial charge is 0.338 e. The van der Waals surface area contributed by atoms with E-state index >= 15 is 0 Å². The van der Waals surface area contributed by atoms with Crippen molar-refractivity contribution in [3.05, 3.63) is 39.9 Å². The summed E-state index contributed by atoms with van der Waals surface area (Å²) >= 11 is 0. The second kappa shape index (κ2) is 10.8. The highest BCUT2D eigenvalue weighted by Crippen LogP contribution is 2.12. The van der Waals surface area contributed by atoms with Crippen LogP contribution < -0.4 is 0 Å². The number of carbonyl (C=O) groups excluding carboxylic acids is 1. The second-order valence-corrected chi connectivity index (χ2v) is 3.97. The van der Waals surface area contributed by atoms with E-state index in [2.05, 4.69) is 4.90 Å². The lowest BCUT2D eigenvalue weighted by molar-refractivity contribution is -0.384. The summed E-state index contributed by atoms with van der Waals surface area (Å²) < 4.78 is 5.11. The summed E-state index contributed by atoms with van der Waals surface area (Å²) in [5.41, 5.74) is 0.282. The second-order valence-electron chi connectivity index (χ2n) is 3.97. The van der Waals surface area contributed by atoms with Gasteiger partial charge in [0.15, 0.2) is 0 Å². The van der Waals surface area contributed by atoms with Crippen molar-refractivity contribution in [2.75, 3.05) is 26.2 Å². The lowest BCUT2D eigenvalue weighted by atomic mass is 10.2. The van der Waals surface area contributed by atoms with Gasteiger partial charge in [0.1, 0.15) is 6.61 Å². The molecular weight excluding hydrogens is 272 g/mol. The number of likely N-dealkylation sites (N-methyl/N-ethyl adjacent to an activating group) is 1. The van der Waals surface area contributed by atoms with Gasteiger partial charge in [-0.05, 0) is 25.2 Å². The Hall–Kier alpha value is -1.95. The maximum atomic E-state index is 11.7. The van der Waals surface area contributed by atoms with Crippen LogP contribution in [0.1, 0.15) is 38.1 Å². The zero-order chi connectivity index (χ0) is 16.3. The molecule has 0 aliphatic carbocycles. The maximum absolute atomic E-state index is 11.7. The normalized spacial score (nSPS) is 9.76. The minimum absolute atomic E-state index is 0.0420. The molecule has 0 fully saturated rings. The Bertz CT molecular complexity index is 428. The van der Waals surface area contributed by atoms with Crippen LogP contribution in [-0.4, -0.2) is 42.0 Å². The van der Waals surface area contributed by atoms with Crippen LogP contribution in [0.4, 0.5) is 5.69 Å². The third kappa shape index (κ3) is 6.85. The number of rotatable bonds is 7. The fourth-order valence-electron chi connectivity index (χ4n) is 1.61. The van der Waals surface area contributed by atoms with E-state index in [-0.39, 0.29) is 5.69 Å². The summed E-state index contributed by atoms with van der Waals surface area (Å²) in [6.45, 7) is 10.9. The fraction of sp³-hybridized carbons (Fsp3) is 0.533. The Morgan fingerprint density at radius 2 is 1.71 bits per heavy atom. The molecule has 0 atom stereocenters. The molecule has 0 aromatic heterocycles. The number of hydrogen-bond acceptors (Lipinski definition) is 5. The van der Waals surface area contributed by atoms with E-state index < -0.39 is 10.9 Å². The predicted molar refractivity (Wildman–Crippen MR) is 82.5 cm³/mol. The van der Waals surface area contributed by atoms with Gasteiger partial charge in [-0.1, -0.05) is 27.7 Å². The number of esters is 1. The number of non-ortho nitro benzene ring substituents is 1. The molecule has 0 spiro atoms. The highest BCUT2D eigenvalue weighted by Gasteiger charge is 2.10. The Morgan fingerprint density at radius 1 is 1.19 bits per heavy atom. The van der Waals surface area contributed by atoms with Crippen LogP contribution in [-0.2, 0) is 4.74 Å². The molecule has 0 unspecified atom stereocenters. The van der Waals surface area contributed by atoms with E-state index in [0.29, 0.717) is 18.7 Å². The highest BCUT2D eigenvalue weighted by molar-refractivity contribution is 5.89. The van der Waals surface area contributed by atoms with Crippen molar-refractivity contribution in [1.82, 2.24) is 4.90 Å². The van der Waals surface area contributed by atoms with Crippen molar-refractivity contribution in [2.45, 2.75) is 27.7 Å². The molecule has 118 valence electrons. The number of benzene rings is 1. The van der Waals surface area contributed by atoms with E-state index in [1.54, 1.807) is 0 Å². The quantitative estimate of drug-likeness (QED) is 0.439. The van der Waals surface area contributed by atoms with Gasteiger partial charge in [0.2, 0.25) is 0 Å². The van der Waals surface area contributed by atoms with Crippen LogP contribution in [0.25, 0.3) is 0 Å². The molecule has 1 aromatic rings. The molecule has 1 aromatic carbocycles. The first kappa shape index (κ1) is 19.1. The summed E-state index contributed by atoms with van der Waals surface area (Å²) in [5.74, 6) is -0.456. The van der Waals surface area contributed by atoms with E-state index in [1.807, 2.05) is 27.7 Å². The molecule has 0 radical (unpaired) electrons. The van der Waals surface area contributed by atoms with Crippen LogP contribution >= 0.6 is 0 Å². The molecule has 0 N–H and O–H groups in total. The van der Waals surface area contributed by atoms with Gasteiger partial charge in [-0.3, -0.25) is 10.1 Å². The average Bonchev–Trinajstić information content (AvgIpc) is 2.53. The monoisotopic (exact) mass is 296 g/mol. The lowest BCUT2D eigenvalue weighted by Gasteiger charge is -2.17. The number of carbonyl (C=O) groups is 1. The van der Waals surface area contributed by atoms with Crippen LogP contribution in [0.2, 0.25) is 0 Å². The number of ether oxygens (including phenoxy) is 1.